The number of unbranched alkanes of at least 4 members (excludes halogenated alkanes) is 3. The van der Waals surface area contributed by atoms with E-state index in [2.05, 4.69) is 17.1 Å². The van der Waals surface area contributed by atoms with Crippen molar-refractivity contribution in [1.82, 2.24) is 4.90 Å². The minimum Gasteiger partial charge on any atom is -0.494 e. The van der Waals surface area contributed by atoms with Crippen LogP contribution < -0.4 is 10.1 Å². The zero-order valence-electron chi connectivity index (χ0n) is 18.0. The van der Waals surface area contributed by atoms with Gasteiger partial charge >= 0.3 is 6.09 Å². The lowest BCUT2D eigenvalue weighted by Gasteiger charge is -2.39. The predicted octanol–water partition coefficient (Wildman–Crippen LogP) is 5.99. The highest BCUT2D eigenvalue weighted by molar-refractivity contribution is 5.84. The topological polar surface area (TPSA) is 50.8 Å². The van der Waals surface area contributed by atoms with Crippen LogP contribution in [0.4, 0.5) is 10.5 Å². The lowest BCUT2D eigenvalue weighted by molar-refractivity contribution is 0.0391. The fourth-order valence-electron chi connectivity index (χ4n) is 4.49. The van der Waals surface area contributed by atoms with Crippen LogP contribution in [-0.2, 0) is 4.74 Å². The zero-order chi connectivity index (χ0) is 20.3. The molecule has 2 fully saturated rings. The van der Waals surface area contributed by atoms with E-state index in [4.69, 9.17) is 9.47 Å². The van der Waals surface area contributed by atoms with Gasteiger partial charge in [0.2, 0.25) is 0 Å². The largest absolute Gasteiger partial charge is 0.494 e. The Bertz CT molecular complexity index is 599. The van der Waals surface area contributed by atoms with Crippen LogP contribution in [0.5, 0.6) is 5.75 Å². The third kappa shape index (κ3) is 7.54. The van der Waals surface area contributed by atoms with Gasteiger partial charge in [0.1, 0.15) is 11.9 Å². The number of nitrogens with one attached hydrogen (secondary N) is 1. The number of amides is 1. The van der Waals surface area contributed by atoms with E-state index in [0.29, 0.717) is 6.04 Å². The average Bonchev–Trinajstić information content (AvgIpc) is 2.75. The summed E-state index contributed by atoms with van der Waals surface area (Å²) in [6, 6.07) is 8.14. The Kier molecular flexibility index (Phi) is 9.13. The summed E-state index contributed by atoms with van der Waals surface area (Å²) in [4.78, 5) is 15.0. The Balaban J connectivity index is 1.38. The van der Waals surface area contributed by atoms with Crippen LogP contribution in [-0.4, -0.2) is 42.8 Å². The number of rotatable bonds is 9. The van der Waals surface area contributed by atoms with Crippen LogP contribution in [0, 0.1) is 0 Å². The van der Waals surface area contributed by atoms with Gasteiger partial charge in [-0.05, 0) is 75.9 Å². The number of carbonyl (C=O) groups is 1. The van der Waals surface area contributed by atoms with E-state index in [1.165, 1.54) is 58.0 Å². The van der Waals surface area contributed by atoms with Crippen molar-refractivity contribution in [3.63, 3.8) is 0 Å². The van der Waals surface area contributed by atoms with Crippen LogP contribution in [0.15, 0.2) is 24.3 Å². The van der Waals surface area contributed by atoms with Gasteiger partial charge in [0, 0.05) is 18.2 Å². The zero-order valence-corrected chi connectivity index (χ0v) is 18.0. The molecular weight excluding hydrogens is 364 g/mol. The van der Waals surface area contributed by atoms with E-state index < -0.39 is 0 Å². The summed E-state index contributed by atoms with van der Waals surface area (Å²) in [5.41, 5.74) is 0.747. The summed E-state index contributed by atoms with van der Waals surface area (Å²) < 4.78 is 11.5. The highest BCUT2D eigenvalue weighted by Crippen LogP contribution is 2.27. The van der Waals surface area contributed by atoms with Gasteiger partial charge in [-0.25, -0.2) is 4.79 Å². The van der Waals surface area contributed by atoms with E-state index in [-0.39, 0.29) is 12.2 Å². The molecule has 1 N–H and O–H groups in total. The van der Waals surface area contributed by atoms with E-state index in [9.17, 15) is 4.79 Å². The predicted molar refractivity (Wildman–Crippen MR) is 118 cm³/mol. The van der Waals surface area contributed by atoms with Crippen LogP contribution in [0.1, 0.15) is 77.6 Å². The fraction of sp³-hybridized carbons (Fsp3) is 0.708. The minimum absolute atomic E-state index is 0.0291. The van der Waals surface area contributed by atoms with E-state index in [1.807, 2.05) is 24.3 Å². The second-order valence-electron chi connectivity index (χ2n) is 8.50. The van der Waals surface area contributed by atoms with Crippen molar-refractivity contribution in [2.75, 3.05) is 25.0 Å². The molecular formula is C24H38N2O3. The third-order valence-electron chi connectivity index (χ3n) is 6.15. The maximum Gasteiger partial charge on any atom is 0.411 e. The summed E-state index contributed by atoms with van der Waals surface area (Å²) in [5.74, 6) is 0.845. The first-order valence-electron chi connectivity index (χ1n) is 11.7. The number of nitrogens with zero attached hydrogens (tertiary/aromatic N) is 1. The molecule has 162 valence electrons. The lowest BCUT2D eigenvalue weighted by atomic mass is 9.90. The third-order valence-corrected chi connectivity index (χ3v) is 6.15. The molecule has 1 saturated heterocycles. The summed E-state index contributed by atoms with van der Waals surface area (Å²) in [5, 5.41) is 2.86. The summed E-state index contributed by atoms with van der Waals surface area (Å²) in [6.07, 6.45) is 12.8. The Morgan fingerprint density at radius 3 is 2.59 bits per heavy atom. The van der Waals surface area contributed by atoms with Gasteiger partial charge in [0.25, 0.3) is 0 Å². The molecule has 0 radical (unpaired) electrons. The van der Waals surface area contributed by atoms with Gasteiger partial charge in [-0.15, -0.1) is 0 Å². The van der Waals surface area contributed by atoms with Crippen LogP contribution in [0.25, 0.3) is 0 Å². The lowest BCUT2D eigenvalue weighted by Crippen LogP contribution is -2.44. The highest BCUT2D eigenvalue weighted by Gasteiger charge is 2.29. The normalized spacial score (nSPS) is 22.8. The molecule has 0 spiro atoms. The molecule has 0 bridgehead atoms. The number of benzene rings is 1. The maximum atomic E-state index is 12.3. The number of hydrogen-bond acceptors (Lipinski definition) is 4. The van der Waals surface area contributed by atoms with Gasteiger partial charge in [-0.2, -0.15) is 0 Å². The number of anilines is 1. The molecule has 2 unspecified atom stereocenters. The van der Waals surface area contributed by atoms with Crippen molar-refractivity contribution in [1.29, 1.82) is 0 Å². The van der Waals surface area contributed by atoms with E-state index in [0.717, 1.165) is 43.7 Å². The van der Waals surface area contributed by atoms with Gasteiger partial charge in [-0.1, -0.05) is 32.6 Å². The molecule has 3 rings (SSSR count). The van der Waals surface area contributed by atoms with Crippen molar-refractivity contribution in [2.45, 2.75) is 89.7 Å². The first kappa shape index (κ1) is 21.9. The standard InChI is InChI=1S/C24H38N2O3/c1-2-3-4-8-18-28-22-14-12-20(13-15-22)25-24(27)29-23-11-9-10-21(19-23)26-16-6-5-7-17-26/h12-15,21,23H,2-11,16-19H2,1H3,(H,25,27). The quantitative estimate of drug-likeness (QED) is 0.515. The molecule has 1 aromatic carbocycles. The monoisotopic (exact) mass is 402 g/mol. The van der Waals surface area contributed by atoms with Crippen LogP contribution >= 0.6 is 0 Å². The molecule has 1 aromatic rings. The average molecular weight is 403 g/mol. The summed E-state index contributed by atoms with van der Waals surface area (Å²) >= 11 is 0. The maximum absolute atomic E-state index is 12.3. The molecule has 1 aliphatic heterocycles. The number of piperidine rings is 1. The molecule has 1 aliphatic carbocycles. The number of hydrogen-bond donors (Lipinski definition) is 1. The Morgan fingerprint density at radius 2 is 1.83 bits per heavy atom. The first-order valence-corrected chi connectivity index (χ1v) is 11.7. The fourth-order valence-corrected chi connectivity index (χ4v) is 4.49. The van der Waals surface area contributed by atoms with Gasteiger partial charge < -0.3 is 14.4 Å². The van der Waals surface area contributed by atoms with Gasteiger partial charge in [0.15, 0.2) is 0 Å². The van der Waals surface area contributed by atoms with Crippen molar-refractivity contribution >= 4 is 11.8 Å². The molecule has 2 aliphatic rings. The SMILES string of the molecule is CCCCCCOc1ccc(NC(=O)OC2CCCC(N3CCCCC3)C2)cc1. The molecule has 1 saturated carbocycles. The molecule has 1 heterocycles. The molecule has 2 atom stereocenters. The van der Waals surface area contributed by atoms with Crippen molar-refractivity contribution in [2.24, 2.45) is 0 Å². The Morgan fingerprint density at radius 1 is 1.03 bits per heavy atom. The van der Waals surface area contributed by atoms with Crippen molar-refractivity contribution in [3.8, 4) is 5.75 Å². The first-order chi connectivity index (χ1) is 14.2. The molecule has 5 nitrogen and oxygen atoms in total. The summed E-state index contributed by atoms with van der Waals surface area (Å²) in [6.45, 7) is 5.36. The van der Waals surface area contributed by atoms with E-state index >= 15 is 0 Å². The smallest absolute Gasteiger partial charge is 0.411 e. The Hall–Kier alpha value is -1.75. The van der Waals surface area contributed by atoms with Gasteiger partial charge in [0.05, 0.1) is 6.61 Å². The molecule has 0 aromatic heterocycles. The number of ether oxygens (including phenoxy) is 2. The van der Waals surface area contributed by atoms with Crippen LogP contribution in [0.2, 0.25) is 0 Å². The highest BCUT2D eigenvalue weighted by atomic mass is 16.6. The van der Waals surface area contributed by atoms with Gasteiger partial charge in [-0.3, -0.25) is 5.32 Å². The molecule has 1 amide bonds. The number of carbonyl (C=O) groups excluding carboxylic acids is 1. The van der Waals surface area contributed by atoms with Crippen LogP contribution in [0.3, 0.4) is 0 Å². The minimum atomic E-state index is -0.345. The van der Waals surface area contributed by atoms with Crippen molar-refractivity contribution in [3.05, 3.63) is 24.3 Å². The second-order valence-corrected chi connectivity index (χ2v) is 8.50. The Labute approximate surface area is 176 Å². The van der Waals surface area contributed by atoms with Crippen molar-refractivity contribution < 1.29 is 14.3 Å². The molecule has 5 heteroatoms. The molecule has 29 heavy (non-hydrogen) atoms. The van der Waals surface area contributed by atoms with E-state index in [1.54, 1.807) is 0 Å². The second kappa shape index (κ2) is 12.1. The number of likely N-dealkylation sites (tertiary alicyclic amines) is 1. The summed E-state index contributed by atoms with van der Waals surface area (Å²) in [7, 11) is 0.